The number of carboxylic acids is 1. The summed E-state index contributed by atoms with van der Waals surface area (Å²) in [5.74, 6) is -1.96. The third-order valence-electron chi connectivity index (χ3n) is 4.01. The van der Waals surface area contributed by atoms with Crippen molar-refractivity contribution in [3.05, 3.63) is 29.6 Å². The first-order valence-electron chi connectivity index (χ1n) is 8.10. The molecule has 2 unspecified atom stereocenters. The topological polar surface area (TPSA) is 100 Å². The van der Waals surface area contributed by atoms with E-state index in [1.807, 2.05) is 0 Å². The molecular formula is C17H22FN3O5. The summed E-state index contributed by atoms with van der Waals surface area (Å²) in [6.07, 6.45) is 0.0470. The Hall–Kier alpha value is -2.84. The SMILES string of the molecule is COc1ccc(C2=NOC(CNC(=O)N(C)CC(C)C(=O)O)C2)cc1F. The number of aliphatic carboxylic acids is 1. The molecular weight excluding hydrogens is 345 g/mol. The van der Waals surface area contributed by atoms with Crippen LogP contribution in [0.3, 0.4) is 0 Å². The molecule has 9 heteroatoms. The summed E-state index contributed by atoms with van der Waals surface area (Å²) in [7, 11) is 2.91. The Morgan fingerprint density at radius 1 is 1.54 bits per heavy atom. The van der Waals surface area contributed by atoms with Crippen LogP contribution >= 0.6 is 0 Å². The largest absolute Gasteiger partial charge is 0.494 e. The number of urea groups is 1. The molecule has 0 bridgehead atoms. The van der Waals surface area contributed by atoms with E-state index in [0.29, 0.717) is 17.7 Å². The van der Waals surface area contributed by atoms with Crippen molar-refractivity contribution in [3.63, 3.8) is 0 Å². The lowest BCUT2D eigenvalue weighted by atomic mass is 10.0. The van der Waals surface area contributed by atoms with E-state index in [1.165, 1.54) is 38.1 Å². The first-order valence-corrected chi connectivity index (χ1v) is 8.10. The summed E-state index contributed by atoms with van der Waals surface area (Å²) in [5.41, 5.74) is 1.17. The minimum Gasteiger partial charge on any atom is -0.494 e. The number of carbonyl (C=O) groups is 2. The van der Waals surface area contributed by atoms with Crippen molar-refractivity contribution in [1.29, 1.82) is 0 Å². The van der Waals surface area contributed by atoms with Crippen molar-refractivity contribution < 1.29 is 28.7 Å². The van der Waals surface area contributed by atoms with Crippen LogP contribution in [0.15, 0.2) is 23.4 Å². The molecule has 1 aliphatic rings. The lowest BCUT2D eigenvalue weighted by Crippen LogP contribution is -2.43. The Balaban J connectivity index is 1.82. The van der Waals surface area contributed by atoms with Gasteiger partial charge in [-0.15, -0.1) is 0 Å². The van der Waals surface area contributed by atoms with E-state index in [-0.39, 0.29) is 24.9 Å². The standard InChI is InChI=1S/C17H22FN3O5/c1-10(16(22)23)9-21(2)17(24)19-8-12-7-14(20-26-12)11-4-5-15(25-3)13(18)6-11/h4-6,10,12H,7-9H2,1-3H3,(H,19,24)(H,22,23). The smallest absolute Gasteiger partial charge is 0.317 e. The molecule has 0 aromatic heterocycles. The van der Waals surface area contributed by atoms with Crippen LogP contribution in [-0.2, 0) is 9.63 Å². The maximum atomic E-state index is 13.8. The maximum absolute atomic E-state index is 13.8. The van der Waals surface area contributed by atoms with Crippen molar-refractivity contribution in [2.75, 3.05) is 27.2 Å². The molecule has 0 spiro atoms. The van der Waals surface area contributed by atoms with Gasteiger partial charge in [0.15, 0.2) is 17.7 Å². The molecule has 0 fully saturated rings. The molecule has 8 nitrogen and oxygen atoms in total. The van der Waals surface area contributed by atoms with E-state index >= 15 is 0 Å². The van der Waals surface area contributed by atoms with Crippen LogP contribution in [0.2, 0.25) is 0 Å². The first-order chi connectivity index (χ1) is 12.3. The summed E-state index contributed by atoms with van der Waals surface area (Å²) in [6.45, 7) is 1.83. The quantitative estimate of drug-likeness (QED) is 0.764. The Bertz CT molecular complexity index is 710. The Labute approximate surface area is 150 Å². The van der Waals surface area contributed by atoms with Gasteiger partial charge in [-0.05, 0) is 18.2 Å². The monoisotopic (exact) mass is 367 g/mol. The fraction of sp³-hybridized carbons (Fsp3) is 0.471. The van der Waals surface area contributed by atoms with Gasteiger partial charge < -0.3 is 24.9 Å². The predicted molar refractivity (Wildman–Crippen MR) is 91.8 cm³/mol. The van der Waals surface area contributed by atoms with E-state index in [9.17, 15) is 14.0 Å². The van der Waals surface area contributed by atoms with Crippen molar-refractivity contribution >= 4 is 17.7 Å². The second-order valence-corrected chi connectivity index (χ2v) is 6.12. The van der Waals surface area contributed by atoms with Gasteiger partial charge in [-0.1, -0.05) is 12.1 Å². The number of halogens is 1. The summed E-state index contributed by atoms with van der Waals surface area (Å²) < 4.78 is 18.7. The molecule has 1 heterocycles. The number of ether oxygens (including phenoxy) is 1. The number of hydrogen-bond donors (Lipinski definition) is 2. The van der Waals surface area contributed by atoms with Gasteiger partial charge >= 0.3 is 12.0 Å². The van der Waals surface area contributed by atoms with Gasteiger partial charge in [-0.2, -0.15) is 0 Å². The summed E-state index contributed by atoms with van der Waals surface area (Å²) in [4.78, 5) is 29.4. The lowest BCUT2D eigenvalue weighted by Gasteiger charge is -2.20. The second kappa shape index (κ2) is 8.50. The highest BCUT2D eigenvalue weighted by Gasteiger charge is 2.24. The highest BCUT2D eigenvalue weighted by Crippen LogP contribution is 2.22. The van der Waals surface area contributed by atoms with E-state index < -0.39 is 23.7 Å². The van der Waals surface area contributed by atoms with Gasteiger partial charge in [0.2, 0.25) is 0 Å². The molecule has 0 saturated heterocycles. The fourth-order valence-electron chi connectivity index (χ4n) is 2.46. The number of oxime groups is 1. The van der Waals surface area contributed by atoms with Gasteiger partial charge in [-0.25, -0.2) is 9.18 Å². The van der Waals surface area contributed by atoms with E-state index in [2.05, 4.69) is 10.5 Å². The molecule has 142 valence electrons. The number of hydrogen-bond acceptors (Lipinski definition) is 5. The maximum Gasteiger partial charge on any atom is 0.317 e. The lowest BCUT2D eigenvalue weighted by molar-refractivity contribution is -0.141. The molecule has 0 saturated carbocycles. The number of methoxy groups -OCH3 is 1. The number of carboxylic acid groups (broad SMARTS) is 1. The zero-order chi connectivity index (χ0) is 19.3. The van der Waals surface area contributed by atoms with Crippen LogP contribution in [0, 0.1) is 11.7 Å². The van der Waals surface area contributed by atoms with Crippen molar-refractivity contribution in [2.24, 2.45) is 11.1 Å². The number of nitrogens with zero attached hydrogens (tertiary/aromatic N) is 2. The summed E-state index contributed by atoms with van der Waals surface area (Å²) in [6, 6.07) is 4.13. The van der Waals surface area contributed by atoms with Crippen molar-refractivity contribution in [3.8, 4) is 5.75 Å². The van der Waals surface area contributed by atoms with Crippen molar-refractivity contribution in [2.45, 2.75) is 19.4 Å². The van der Waals surface area contributed by atoms with Crippen LogP contribution in [0.5, 0.6) is 5.75 Å². The van der Waals surface area contributed by atoms with Crippen LogP contribution < -0.4 is 10.1 Å². The van der Waals surface area contributed by atoms with Crippen molar-refractivity contribution in [1.82, 2.24) is 10.2 Å². The highest BCUT2D eigenvalue weighted by atomic mass is 19.1. The molecule has 2 rings (SSSR count). The average Bonchev–Trinajstić information content (AvgIpc) is 3.08. The van der Waals surface area contributed by atoms with Gasteiger partial charge in [0, 0.05) is 25.6 Å². The molecule has 0 aliphatic carbocycles. The minimum absolute atomic E-state index is 0.0968. The average molecular weight is 367 g/mol. The predicted octanol–water partition coefficient (Wildman–Crippen LogP) is 1.69. The minimum atomic E-state index is -0.964. The third-order valence-corrected chi connectivity index (χ3v) is 4.01. The van der Waals surface area contributed by atoms with Crippen LogP contribution in [0.1, 0.15) is 18.9 Å². The van der Waals surface area contributed by atoms with Gasteiger partial charge in [0.25, 0.3) is 0 Å². The van der Waals surface area contributed by atoms with E-state index in [0.717, 1.165) is 0 Å². The van der Waals surface area contributed by atoms with E-state index in [4.69, 9.17) is 14.7 Å². The molecule has 2 amide bonds. The molecule has 0 radical (unpaired) electrons. The zero-order valence-corrected chi connectivity index (χ0v) is 14.9. The summed E-state index contributed by atoms with van der Waals surface area (Å²) >= 11 is 0. The molecule has 2 atom stereocenters. The Kier molecular flexibility index (Phi) is 6.37. The molecule has 26 heavy (non-hydrogen) atoms. The van der Waals surface area contributed by atoms with Gasteiger partial charge in [-0.3, -0.25) is 4.79 Å². The number of benzene rings is 1. The summed E-state index contributed by atoms with van der Waals surface area (Å²) in [5, 5.41) is 15.5. The Morgan fingerprint density at radius 3 is 2.88 bits per heavy atom. The van der Waals surface area contributed by atoms with Crippen LogP contribution in [0.25, 0.3) is 0 Å². The van der Waals surface area contributed by atoms with E-state index in [1.54, 1.807) is 6.07 Å². The van der Waals surface area contributed by atoms with Crippen LogP contribution in [-0.4, -0.2) is 61.1 Å². The van der Waals surface area contributed by atoms with Gasteiger partial charge in [0.05, 0.1) is 25.3 Å². The third kappa shape index (κ3) is 4.84. The normalized spacial score (nSPS) is 17.1. The number of carbonyl (C=O) groups excluding carboxylic acids is 1. The van der Waals surface area contributed by atoms with Crippen LogP contribution in [0.4, 0.5) is 9.18 Å². The number of rotatable bonds is 7. The fourth-order valence-corrected chi connectivity index (χ4v) is 2.46. The second-order valence-electron chi connectivity index (χ2n) is 6.12. The molecule has 1 aliphatic heterocycles. The number of amides is 2. The zero-order valence-electron chi connectivity index (χ0n) is 14.9. The first kappa shape index (κ1) is 19.5. The molecule has 1 aromatic carbocycles. The molecule has 2 N–H and O–H groups in total. The number of nitrogens with one attached hydrogen (secondary N) is 1. The Morgan fingerprint density at radius 2 is 2.27 bits per heavy atom. The highest BCUT2D eigenvalue weighted by molar-refractivity contribution is 6.01. The molecule has 1 aromatic rings. The van der Waals surface area contributed by atoms with Gasteiger partial charge in [0.1, 0.15) is 0 Å².